The first-order valence-electron chi connectivity index (χ1n) is 8.53. The molecule has 0 amide bonds. The van der Waals surface area contributed by atoms with E-state index in [-0.39, 0.29) is 0 Å². The van der Waals surface area contributed by atoms with Crippen molar-refractivity contribution in [3.8, 4) is 11.7 Å². The lowest BCUT2D eigenvalue weighted by molar-refractivity contribution is 0.415. The van der Waals surface area contributed by atoms with E-state index < -0.39 is 0 Å². The summed E-state index contributed by atoms with van der Waals surface area (Å²) in [6, 6.07) is 7.90. The second kappa shape index (κ2) is 7.54. The van der Waals surface area contributed by atoms with E-state index in [2.05, 4.69) is 23.3 Å². The number of nitrogens with zero attached hydrogens (tertiary/aromatic N) is 4. The highest BCUT2D eigenvalue weighted by Crippen LogP contribution is 2.31. The molecule has 3 heterocycles. The lowest BCUT2D eigenvalue weighted by Gasteiger charge is -2.10. The van der Waals surface area contributed by atoms with E-state index >= 15 is 0 Å². The van der Waals surface area contributed by atoms with Gasteiger partial charge in [0.05, 0.1) is 17.5 Å². The fourth-order valence-electron chi connectivity index (χ4n) is 2.77. The predicted octanol–water partition coefficient (Wildman–Crippen LogP) is 4.71. The normalized spacial score (nSPS) is 11.1. The van der Waals surface area contributed by atoms with Crippen LogP contribution in [0.15, 0.2) is 43.0 Å². The van der Waals surface area contributed by atoms with Crippen LogP contribution in [-0.4, -0.2) is 26.6 Å². The van der Waals surface area contributed by atoms with Gasteiger partial charge in [0, 0.05) is 23.8 Å². The first-order valence-corrected chi connectivity index (χ1v) is 9.72. The first-order chi connectivity index (χ1) is 13.2. The summed E-state index contributed by atoms with van der Waals surface area (Å²) < 4.78 is 7.02. The van der Waals surface area contributed by atoms with Gasteiger partial charge in [0.1, 0.15) is 22.7 Å². The molecule has 0 saturated heterocycles. The second-order valence-electron chi connectivity index (χ2n) is 5.95. The Kier molecular flexibility index (Phi) is 4.96. The van der Waals surface area contributed by atoms with Gasteiger partial charge in [0.2, 0.25) is 5.95 Å². The zero-order valence-corrected chi connectivity index (χ0v) is 16.5. The molecule has 0 radical (unpaired) electrons. The molecule has 0 atom stereocenters. The maximum Gasteiger partial charge on any atom is 0.238 e. The molecule has 0 saturated carbocycles. The van der Waals surface area contributed by atoms with Gasteiger partial charge >= 0.3 is 0 Å². The number of aromatic nitrogens is 4. The van der Waals surface area contributed by atoms with Crippen LogP contribution >= 0.6 is 22.9 Å². The van der Waals surface area contributed by atoms with Crippen molar-refractivity contribution in [2.24, 2.45) is 0 Å². The molecular formula is C19H18ClN5OS. The van der Waals surface area contributed by atoms with Crippen LogP contribution in [0.3, 0.4) is 0 Å². The van der Waals surface area contributed by atoms with Gasteiger partial charge in [0.25, 0.3) is 0 Å². The minimum atomic E-state index is 0.590. The number of hydrogen-bond acceptors (Lipinski definition) is 6. The number of aryl methyl sites for hydroxylation is 1. The lowest BCUT2D eigenvalue weighted by Crippen LogP contribution is -2.06. The SMILES string of the molecule is CCc1cc2c(NCc3ccc(OC)c(Cl)c3)nc(-n3ccnc3)nc2s1. The molecule has 4 aromatic rings. The van der Waals surface area contributed by atoms with Gasteiger partial charge in [-0.05, 0) is 30.2 Å². The monoisotopic (exact) mass is 399 g/mol. The third kappa shape index (κ3) is 3.61. The average Bonchev–Trinajstić information content (AvgIpc) is 3.35. The number of nitrogens with one attached hydrogen (secondary N) is 1. The van der Waals surface area contributed by atoms with Gasteiger partial charge in [-0.2, -0.15) is 4.98 Å². The van der Waals surface area contributed by atoms with Crippen molar-refractivity contribution in [1.29, 1.82) is 0 Å². The van der Waals surface area contributed by atoms with Crippen LogP contribution in [0.5, 0.6) is 5.75 Å². The highest BCUT2D eigenvalue weighted by molar-refractivity contribution is 7.18. The molecule has 1 aromatic carbocycles. The van der Waals surface area contributed by atoms with Crippen LogP contribution < -0.4 is 10.1 Å². The molecule has 0 spiro atoms. The molecule has 0 unspecified atom stereocenters. The number of hydrogen-bond donors (Lipinski definition) is 1. The smallest absolute Gasteiger partial charge is 0.238 e. The van der Waals surface area contributed by atoms with E-state index in [1.54, 1.807) is 35.5 Å². The molecule has 27 heavy (non-hydrogen) atoms. The van der Waals surface area contributed by atoms with Gasteiger partial charge in [-0.1, -0.05) is 24.6 Å². The summed E-state index contributed by atoms with van der Waals surface area (Å²) in [6.45, 7) is 2.73. The summed E-state index contributed by atoms with van der Waals surface area (Å²) >= 11 is 7.92. The number of thiophene rings is 1. The minimum absolute atomic E-state index is 0.590. The maximum atomic E-state index is 6.23. The van der Waals surface area contributed by atoms with Crippen molar-refractivity contribution < 1.29 is 4.74 Å². The Balaban J connectivity index is 1.69. The molecule has 0 bridgehead atoms. The van der Waals surface area contributed by atoms with Crippen LogP contribution in [0.25, 0.3) is 16.2 Å². The summed E-state index contributed by atoms with van der Waals surface area (Å²) in [5, 5.41) is 5.05. The van der Waals surface area contributed by atoms with E-state index in [0.717, 1.165) is 28.0 Å². The maximum absolute atomic E-state index is 6.23. The number of anilines is 1. The van der Waals surface area contributed by atoms with E-state index in [4.69, 9.17) is 26.3 Å². The fourth-order valence-corrected chi connectivity index (χ4v) is 4.01. The van der Waals surface area contributed by atoms with Crippen molar-refractivity contribution in [3.63, 3.8) is 0 Å². The quantitative estimate of drug-likeness (QED) is 0.508. The lowest BCUT2D eigenvalue weighted by atomic mass is 10.2. The molecule has 1 N–H and O–H groups in total. The van der Waals surface area contributed by atoms with Crippen LogP contribution in [0.1, 0.15) is 17.4 Å². The van der Waals surface area contributed by atoms with Crippen molar-refractivity contribution in [1.82, 2.24) is 19.5 Å². The van der Waals surface area contributed by atoms with Crippen LogP contribution in [0, 0.1) is 0 Å². The number of rotatable bonds is 6. The Hall–Kier alpha value is -2.64. The van der Waals surface area contributed by atoms with Crippen molar-refractivity contribution >= 4 is 39.0 Å². The molecule has 0 aliphatic carbocycles. The Morgan fingerprint density at radius 2 is 2.15 bits per heavy atom. The van der Waals surface area contributed by atoms with Crippen molar-refractivity contribution in [3.05, 3.63) is 58.4 Å². The van der Waals surface area contributed by atoms with Gasteiger partial charge in [-0.15, -0.1) is 11.3 Å². The predicted molar refractivity (Wildman–Crippen MR) is 109 cm³/mol. The molecule has 138 valence electrons. The molecule has 3 aromatic heterocycles. The summed E-state index contributed by atoms with van der Waals surface area (Å²) in [7, 11) is 1.61. The topological polar surface area (TPSA) is 64.9 Å². The van der Waals surface area contributed by atoms with Crippen LogP contribution in [-0.2, 0) is 13.0 Å². The number of methoxy groups -OCH3 is 1. The Morgan fingerprint density at radius 1 is 1.26 bits per heavy atom. The molecule has 0 aliphatic rings. The zero-order valence-electron chi connectivity index (χ0n) is 14.9. The first kappa shape index (κ1) is 17.8. The Bertz CT molecular complexity index is 1080. The number of benzene rings is 1. The molecule has 6 nitrogen and oxygen atoms in total. The number of imidazole rings is 1. The zero-order chi connectivity index (χ0) is 18.8. The molecule has 0 aliphatic heterocycles. The Labute approximate surface area is 165 Å². The van der Waals surface area contributed by atoms with E-state index in [1.807, 2.05) is 24.4 Å². The standard InChI is InChI=1S/C19H18ClN5OS/c1-3-13-9-14-17(22-10-12-4-5-16(26-2)15(20)8-12)23-19(24-18(14)27-13)25-7-6-21-11-25/h4-9,11H,3,10H2,1-2H3,(H,22,23,24). The average molecular weight is 400 g/mol. The van der Waals surface area contributed by atoms with Crippen molar-refractivity contribution in [2.75, 3.05) is 12.4 Å². The van der Waals surface area contributed by atoms with Gasteiger partial charge in [0.15, 0.2) is 0 Å². The third-order valence-electron chi connectivity index (χ3n) is 4.19. The largest absolute Gasteiger partial charge is 0.495 e. The molecular weight excluding hydrogens is 382 g/mol. The molecule has 8 heteroatoms. The van der Waals surface area contributed by atoms with Crippen molar-refractivity contribution in [2.45, 2.75) is 19.9 Å². The van der Waals surface area contributed by atoms with E-state index in [9.17, 15) is 0 Å². The Morgan fingerprint density at radius 3 is 2.85 bits per heavy atom. The van der Waals surface area contributed by atoms with E-state index in [0.29, 0.717) is 23.3 Å². The minimum Gasteiger partial charge on any atom is -0.495 e. The number of halogens is 1. The number of ether oxygens (including phenoxy) is 1. The summed E-state index contributed by atoms with van der Waals surface area (Å²) in [5.41, 5.74) is 1.04. The van der Waals surface area contributed by atoms with Gasteiger partial charge < -0.3 is 10.1 Å². The number of fused-ring (bicyclic) bond motifs is 1. The summed E-state index contributed by atoms with van der Waals surface area (Å²) in [5.74, 6) is 2.06. The van der Waals surface area contributed by atoms with E-state index in [1.165, 1.54) is 4.88 Å². The summed E-state index contributed by atoms with van der Waals surface area (Å²) in [6.07, 6.45) is 6.21. The molecule has 4 rings (SSSR count). The second-order valence-corrected chi connectivity index (χ2v) is 7.47. The molecule has 0 fully saturated rings. The van der Waals surface area contributed by atoms with Crippen LogP contribution in [0.2, 0.25) is 5.02 Å². The van der Waals surface area contributed by atoms with Gasteiger partial charge in [-0.3, -0.25) is 4.57 Å². The summed E-state index contributed by atoms with van der Waals surface area (Å²) in [4.78, 5) is 15.7. The third-order valence-corrected chi connectivity index (χ3v) is 5.66. The fraction of sp³-hybridized carbons (Fsp3) is 0.211. The van der Waals surface area contributed by atoms with Gasteiger partial charge in [-0.25, -0.2) is 9.97 Å². The highest BCUT2D eigenvalue weighted by Gasteiger charge is 2.13. The highest BCUT2D eigenvalue weighted by atomic mass is 35.5. The van der Waals surface area contributed by atoms with Crippen LogP contribution in [0.4, 0.5) is 5.82 Å².